The Hall–Kier alpha value is -3.92. The summed E-state index contributed by atoms with van der Waals surface area (Å²) in [5.41, 5.74) is 11.7. The zero-order valence-corrected chi connectivity index (χ0v) is 22.9. The summed E-state index contributed by atoms with van der Waals surface area (Å²) in [7, 11) is 0. The van der Waals surface area contributed by atoms with E-state index in [-0.39, 0.29) is 17.7 Å². The molecule has 0 bridgehead atoms. The number of hydrogen-bond donors (Lipinski definition) is 0. The van der Waals surface area contributed by atoms with Crippen molar-refractivity contribution in [3.8, 4) is 16.9 Å². The molecule has 7 rings (SSSR count). The predicted octanol–water partition coefficient (Wildman–Crippen LogP) is 7.98. The zero-order valence-electron chi connectivity index (χ0n) is 22.9. The van der Waals surface area contributed by atoms with Gasteiger partial charge in [0.1, 0.15) is 11.3 Å². The van der Waals surface area contributed by atoms with E-state index in [0.717, 1.165) is 39.3 Å². The van der Waals surface area contributed by atoms with Gasteiger partial charge in [0.25, 0.3) is 0 Å². The maximum absolute atomic E-state index is 6.85. The summed E-state index contributed by atoms with van der Waals surface area (Å²) in [6.45, 7) is 13.4. The Morgan fingerprint density at radius 2 is 1.42 bits per heavy atom. The molecule has 4 aromatic carbocycles. The van der Waals surface area contributed by atoms with E-state index in [1.54, 1.807) is 6.26 Å². The second-order valence-electron chi connectivity index (χ2n) is 12.7. The molecular formula is C34H32BNO2. The highest BCUT2D eigenvalue weighted by atomic mass is 16.4. The van der Waals surface area contributed by atoms with Gasteiger partial charge in [-0.3, -0.25) is 0 Å². The number of hydrogen-bond acceptors (Lipinski definition) is 3. The molecule has 0 radical (unpaired) electrons. The topological polar surface area (TPSA) is 25.6 Å². The Morgan fingerprint density at radius 3 is 2.16 bits per heavy atom. The van der Waals surface area contributed by atoms with Gasteiger partial charge in [-0.15, -0.1) is 0 Å². The first kappa shape index (κ1) is 23.2. The normalized spacial score (nSPS) is 14.2. The van der Waals surface area contributed by atoms with Crippen LogP contribution in [0.3, 0.4) is 0 Å². The van der Waals surface area contributed by atoms with Crippen LogP contribution in [0.2, 0.25) is 0 Å². The molecule has 0 amide bonds. The summed E-state index contributed by atoms with van der Waals surface area (Å²) in [6.07, 6.45) is 1.80. The Balaban J connectivity index is 1.57. The number of anilines is 3. The third-order valence-electron chi connectivity index (χ3n) is 8.09. The molecule has 3 nitrogen and oxygen atoms in total. The minimum atomic E-state index is -0.198. The van der Waals surface area contributed by atoms with E-state index in [2.05, 4.69) is 125 Å². The molecule has 0 saturated carbocycles. The third-order valence-corrected chi connectivity index (χ3v) is 8.09. The van der Waals surface area contributed by atoms with Crippen LogP contribution in [0.15, 0.2) is 89.5 Å². The lowest BCUT2D eigenvalue weighted by atomic mass is 9.49. The van der Waals surface area contributed by atoms with Gasteiger partial charge in [0.05, 0.1) is 12.0 Å². The van der Waals surface area contributed by atoms with Crippen LogP contribution in [-0.4, -0.2) is 6.92 Å². The van der Waals surface area contributed by atoms with E-state index >= 15 is 0 Å². The molecular weight excluding hydrogens is 465 g/mol. The largest absolute Gasteiger partial charge is 0.551 e. The van der Waals surface area contributed by atoms with Gasteiger partial charge in [-0.2, -0.15) is 0 Å². The molecule has 188 valence electrons. The minimum Gasteiger partial charge on any atom is -0.551 e. The van der Waals surface area contributed by atoms with E-state index in [9.17, 15) is 0 Å². The van der Waals surface area contributed by atoms with Gasteiger partial charge in [-0.25, -0.2) is 0 Å². The van der Waals surface area contributed by atoms with Crippen LogP contribution < -0.4 is 20.5 Å². The summed E-state index contributed by atoms with van der Waals surface area (Å²) >= 11 is 0. The summed E-state index contributed by atoms with van der Waals surface area (Å²) in [4.78, 5) is 2.42. The lowest BCUT2D eigenvalue weighted by Gasteiger charge is -2.40. The Morgan fingerprint density at radius 1 is 0.711 bits per heavy atom. The van der Waals surface area contributed by atoms with Crippen molar-refractivity contribution < 1.29 is 9.07 Å². The van der Waals surface area contributed by atoms with Crippen molar-refractivity contribution in [2.45, 2.75) is 52.4 Å². The van der Waals surface area contributed by atoms with Crippen LogP contribution in [0.25, 0.3) is 22.1 Å². The van der Waals surface area contributed by atoms with Gasteiger partial charge < -0.3 is 14.0 Å². The van der Waals surface area contributed by atoms with Crippen molar-refractivity contribution in [3.63, 3.8) is 0 Å². The molecule has 0 N–H and O–H groups in total. The van der Waals surface area contributed by atoms with Crippen molar-refractivity contribution >= 4 is 45.9 Å². The molecule has 0 spiro atoms. The predicted molar refractivity (Wildman–Crippen MR) is 159 cm³/mol. The fourth-order valence-corrected chi connectivity index (χ4v) is 5.97. The highest BCUT2D eigenvalue weighted by Gasteiger charge is 2.44. The van der Waals surface area contributed by atoms with Crippen LogP contribution in [0.4, 0.5) is 17.1 Å². The molecule has 2 aliphatic rings. The Kier molecular flexibility index (Phi) is 4.77. The number of rotatable bonds is 1. The molecule has 0 unspecified atom stereocenters. The Labute approximate surface area is 225 Å². The Bertz CT molecular complexity index is 1720. The molecule has 0 atom stereocenters. The number of para-hydroxylation sites is 1. The zero-order chi connectivity index (χ0) is 26.4. The van der Waals surface area contributed by atoms with E-state index in [0.29, 0.717) is 0 Å². The molecule has 38 heavy (non-hydrogen) atoms. The monoisotopic (exact) mass is 497 g/mol. The van der Waals surface area contributed by atoms with Crippen molar-refractivity contribution in [1.29, 1.82) is 0 Å². The van der Waals surface area contributed by atoms with Crippen LogP contribution in [0, 0.1) is 0 Å². The molecule has 2 aliphatic heterocycles. The quantitative estimate of drug-likeness (QED) is 0.220. The van der Waals surface area contributed by atoms with E-state index in [1.807, 2.05) is 0 Å². The number of nitrogens with zero attached hydrogens (tertiary/aromatic N) is 1. The maximum Gasteiger partial charge on any atom is 0.431 e. The van der Waals surface area contributed by atoms with Gasteiger partial charge in [0, 0.05) is 27.8 Å². The lowest BCUT2D eigenvalue weighted by Crippen LogP contribution is -2.56. The standard InChI is InChI=1S/C34H32BNO2/c1-33(2,3)21-11-14-23(15-12-21)36-28-16-13-22(34(4,5)6)19-27(28)35-31-26(24-9-7-8-10-29(24)38-35)20-30-25(32(31)36)17-18-37-30/h7-20H,1-6H3. The van der Waals surface area contributed by atoms with Crippen LogP contribution in [0.1, 0.15) is 52.7 Å². The number of fused-ring (bicyclic) bond motifs is 6. The molecule has 0 saturated heterocycles. The summed E-state index contributed by atoms with van der Waals surface area (Å²) in [6, 6.07) is 28.6. The third kappa shape index (κ3) is 3.36. The van der Waals surface area contributed by atoms with Gasteiger partial charge in [0.2, 0.25) is 0 Å². The van der Waals surface area contributed by atoms with Crippen molar-refractivity contribution in [1.82, 2.24) is 0 Å². The maximum atomic E-state index is 6.85. The highest BCUT2D eigenvalue weighted by Crippen LogP contribution is 2.46. The van der Waals surface area contributed by atoms with Crippen molar-refractivity contribution in [2.75, 3.05) is 4.90 Å². The van der Waals surface area contributed by atoms with Crippen molar-refractivity contribution in [2.24, 2.45) is 0 Å². The van der Waals surface area contributed by atoms with Gasteiger partial charge in [0.15, 0.2) is 0 Å². The molecule has 4 heteroatoms. The molecule has 3 heterocycles. The highest BCUT2D eigenvalue weighted by molar-refractivity contribution is 6.86. The van der Waals surface area contributed by atoms with E-state index < -0.39 is 0 Å². The van der Waals surface area contributed by atoms with Crippen molar-refractivity contribution in [3.05, 3.63) is 96.3 Å². The first-order chi connectivity index (χ1) is 18.1. The van der Waals surface area contributed by atoms with Crippen LogP contribution in [-0.2, 0) is 10.8 Å². The minimum absolute atomic E-state index is 0.0262. The lowest BCUT2D eigenvalue weighted by molar-refractivity contribution is 0.585. The summed E-state index contributed by atoms with van der Waals surface area (Å²) < 4.78 is 12.9. The second kappa shape index (κ2) is 7.80. The van der Waals surface area contributed by atoms with Gasteiger partial charge >= 0.3 is 6.92 Å². The summed E-state index contributed by atoms with van der Waals surface area (Å²) in [5, 5.41) is 1.10. The molecule has 0 fully saturated rings. The van der Waals surface area contributed by atoms with Crippen LogP contribution >= 0.6 is 0 Å². The summed E-state index contributed by atoms with van der Waals surface area (Å²) in [5.74, 6) is 0.914. The number of benzene rings is 4. The molecule has 0 aliphatic carbocycles. The smallest absolute Gasteiger partial charge is 0.431 e. The SMILES string of the molecule is CC(C)(C)c1ccc(N2c3ccc(C(C)(C)C)cc3B3Oc4ccccc4-c4cc5occc5c2c43)cc1. The van der Waals surface area contributed by atoms with Gasteiger partial charge in [-0.1, -0.05) is 84.0 Å². The average molecular weight is 497 g/mol. The fraction of sp³-hybridized carbons (Fsp3) is 0.235. The first-order valence-electron chi connectivity index (χ1n) is 13.5. The first-order valence-corrected chi connectivity index (χ1v) is 13.5. The fourth-order valence-electron chi connectivity index (χ4n) is 5.97. The average Bonchev–Trinajstić information content (AvgIpc) is 3.36. The molecule has 5 aromatic rings. The molecule has 1 aromatic heterocycles. The van der Waals surface area contributed by atoms with Crippen LogP contribution in [0.5, 0.6) is 5.75 Å². The van der Waals surface area contributed by atoms with Gasteiger partial charge in [-0.05, 0) is 69.4 Å². The number of furan rings is 1. The second-order valence-corrected chi connectivity index (χ2v) is 12.7. The van der Waals surface area contributed by atoms with E-state index in [4.69, 9.17) is 9.07 Å². The van der Waals surface area contributed by atoms with E-state index in [1.165, 1.54) is 27.6 Å².